The van der Waals surface area contributed by atoms with Gasteiger partial charge in [-0.15, -0.1) is 0 Å². The number of benzene rings is 1. The van der Waals surface area contributed by atoms with Crippen LogP contribution < -0.4 is 5.32 Å². The van der Waals surface area contributed by atoms with Gasteiger partial charge in [-0.3, -0.25) is 0 Å². The van der Waals surface area contributed by atoms with Crippen molar-refractivity contribution in [2.24, 2.45) is 0 Å². The normalized spacial score (nSPS) is 14.0. The number of ether oxygens (including phenoxy) is 2. The molecule has 1 aromatic rings. The molecule has 116 valence electrons. The molecule has 0 aliphatic heterocycles. The van der Waals surface area contributed by atoms with Crippen molar-refractivity contribution < 1.29 is 19.1 Å². The summed E-state index contributed by atoms with van der Waals surface area (Å²) in [5, 5.41) is 2.46. The van der Waals surface area contributed by atoms with Gasteiger partial charge in [-0.05, 0) is 40.2 Å². The summed E-state index contributed by atoms with van der Waals surface area (Å²) in [6.07, 6.45) is -1.01. The SMILES string of the molecule is CC(NC(=O)OC(C)(C)C)C(=O)OC(C)c1ccccc1. The molecule has 1 N–H and O–H groups in total. The first kappa shape index (κ1) is 17.0. The Hall–Kier alpha value is -2.04. The van der Waals surface area contributed by atoms with E-state index in [-0.39, 0.29) is 6.10 Å². The maximum atomic E-state index is 11.9. The van der Waals surface area contributed by atoms with Crippen molar-refractivity contribution in [3.63, 3.8) is 0 Å². The van der Waals surface area contributed by atoms with Gasteiger partial charge in [0.2, 0.25) is 0 Å². The molecular formula is C16H23NO4. The molecule has 0 radical (unpaired) electrons. The van der Waals surface area contributed by atoms with E-state index in [9.17, 15) is 9.59 Å². The minimum Gasteiger partial charge on any atom is -0.456 e. The van der Waals surface area contributed by atoms with Gasteiger partial charge in [0.25, 0.3) is 0 Å². The zero-order valence-corrected chi connectivity index (χ0v) is 13.2. The van der Waals surface area contributed by atoms with E-state index in [0.29, 0.717) is 0 Å². The van der Waals surface area contributed by atoms with E-state index >= 15 is 0 Å². The molecule has 0 aromatic heterocycles. The molecule has 0 heterocycles. The number of hydrogen-bond donors (Lipinski definition) is 1. The maximum Gasteiger partial charge on any atom is 0.408 e. The molecule has 0 fully saturated rings. The fourth-order valence-electron chi connectivity index (χ4n) is 1.61. The van der Waals surface area contributed by atoms with Crippen molar-refractivity contribution >= 4 is 12.1 Å². The van der Waals surface area contributed by atoms with Crippen LogP contribution in [-0.4, -0.2) is 23.7 Å². The van der Waals surface area contributed by atoms with Crippen LogP contribution in [0.4, 0.5) is 4.79 Å². The van der Waals surface area contributed by atoms with Crippen LogP contribution in [0.5, 0.6) is 0 Å². The number of carbonyl (C=O) groups is 2. The summed E-state index contributed by atoms with van der Waals surface area (Å²) in [7, 11) is 0. The Labute approximate surface area is 125 Å². The summed E-state index contributed by atoms with van der Waals surface area (Å²) >= 11 is 0. The zero-order valence-electron chi connectivity index (χ0n) is 13.2. The zero-order chi connectivity index (χ0) is 16.0. The molecule has 21 heavy (non-hydrogen) atoms. The second-order valence-corrected chi connectivity index (χ2v) is 5.86. The minimum absolute atomic E-state index is 0.374. The molecule has 1 aromatic carbocycles. The Bertz CT molecular complexity index is 479. The standard InChI is InChI=1S/C16H23NO4/c1-11(17-15(19)21-16(3,4)5)14(18)20-12(2)13-9-7-6-8-10-13/h6-12H,1-5H3,(H,17,19). The first-order valence-corrected chi connectivity index (χ1v) is 6.94. The molecular weight excluding hydrogens is 270 g/mol. The summed E-state index contributed by atoms with van der Waals surface area (Å²) in [6, 6.07) is 8.63. The molecule has 5 heteroatoms. The van der Waals surface area contributed by atoms with Gasteiger partial charge in [0.1, 0.15) is 17.7 Å². The molecule has 0 aliphatic rings. The van der Waals surface area contributed by atoms with Crippen molar-refractivity contribution in [3.8, 4) is 0 Å². The van der Waals surface area contributed by atoms with Crippen molar-refractivity contribution in [2.75, 3.05) is 0 Å². The van der Waals surface area contributed by atoms with Crippen molar-refractivity contribution in [3.05, 3.63) is 35.9 Å². The molecule has 2 unspecified atom stereocenters. The van der Waals surface area contributed by atoms with E-state index in [1.54, 1.807) is 34.6 Å². The lowest BCUT2D eigenvalue weighted by molar-refractivity contribution is -0.150. The van der Waals surface area contributed by atoms with Crippen LogP contribution in [0, 0.1) is 0 Å². The molecule has 2 atom stereocenters. The first-order valence-electron chi connectivity index (χ1n) is 6.94. The fourth-order valence-corrected chi connectivity index (χ4v) is 1.61. The Morgan fingerprint density at radius 3 is 2.19 bits per heavy atom. The maximum absolute atomic E-state index is 11.9. The lowest BCUT2D eigenvalue weighted by Crippen LogP contribution is -2.42. The lowest BCUT2D eigenvalue weighted by atomic mass is 10.1. The predicted octanol–water partition coefficient (Wildman–Crippen LogP) is 3.20. The van der Waals surface area contributed by atoms with Crippen molar-refractivity contribution in [2.45, 2.75) is 52.4 Å². The van der Waals surface area contributed by atoms with Crippen LogP contribution >= 0.6 is 0 Å². The summed E-state index contributed by atoms with van der Waals surface area (Å²) in [6.45, 7) is 8.62. The van der Waals surface area contributed by atoms with Gasteiger partial charge in [-0.25, -0.2) is 9.59 Å². The molecule has 1 amide bonds. The Kier molecular flexibility index (Phi) is 5.76. The third kappa shape index (κ3) is 6.29. The smallest absolute Gasteiger partial charge is 0.408 e. The van der Waals surface area contributed by atoms with Gasteiger partial charge in [-0.2, -0.15) is 0 Å². The van der Waals surface area contributed by atoms with Crippen LogP contribution in [-0.2, 0) is 14.3 Å². The second kappa shape index (κ2) is 7.11. The van der Waals surface area contributed by atoms with Crippen LogP contribution in [0.25, 0.3) is 0 Å². The van der Waals surface area contributed by atoms with Gasteiger partial charge in [0.05, 0.1) is 0 Å². The number of hydrogen-bond acceptors (Lipinski definition) is 4. The number of amides is 1. The van der Waals surface area contributed by atoms with E-state index in [1.807, 2.05) is 30.3 Å². The quantitative estimate of drug-likeness (QED) is 0.866. The molecule has 0 bridgehead atoms. The van der Waals surface area contributed by atoms with Crippen LogP contribution in [0.1, 0.15) is 46.3 Å². The number of esters is 1. The van der Waals surface area contributed by atoms with E-state index in [2.05, 4.69) is 5.32 Å². The lowest BCUT2D eigenvalue weighted by Gasteiger charge is -2.22. The average Bonchev–Trinajstić information content (AvgIpc) is 2.37. The number of rotatable bonds is 4. The van der Waals surface area contributed by atoms with Crippen LogP contribution in [0.15, 0.2) is 30.3 Å². The van der Waals surface area contributed by atoms with Gasteiger partial charge >= 0.3 is 12.1 Å². The molecule has 1 rings (SSSR count). The minimum atomic E-state index is -0.772. The van der Waals surface area contributed by atoms with Crippen molar-refractivity contribution in [1.82, 2.24) is 5.32 Å². The van der Waals surface area contributed by atoms with Gasteiger partial charge in [0, 0.05) is 0 Å². The fraction of sp³-hybridized carbons (Fsp3) is 0.500. The monoisotopic (exact) mass is 293 g/mol. The van der Waals surface area contributed by atoms with E-state index in [1.165, 1.54) is 0 Å². The molecule has 0 saturated carbocycles. The topological polar surface area (TPSA) is 64.6 Å². The van der Waals surface area contributed by atoms with Crippen LogP contribution in [0.2, 0.25) is 0 Å². The third-order valence-electron chi connectivity index (χ3n) is 2.65. The van der Waals surface area contributed by atoms with Crippen LogP contribution in [0.3, 0.4) is 0 Å². The highest BCUT2D eigenvalue weighted by atomic mass is 16.6. The molecule has 0 saturated heterocycles. The van der Waals surface area contributed by atoms with Gasteiger partial charge in [-0.1, -0.05) is 30.3 Å². The van der Waals surface area contributed by atoms with Gasteiger partial charge < -0.3 is 14.8 Å². The van der Waals surface area contributed by atoms with Crippen molar-refractivity contribution in [1.29, 1.82) is 0 Å². The number of nitrogens with one attached hydrogen (secondary N) is 1. The molecule has 0 spiro atoms. The highest BCUT2D eigenvalue weighted by molar-refractivity contribution is 5.81. The summed E-state index contributed by atoms with van der Waals surface area (Å²) in [4.78, 5) is 23.5. The Morgan fingerprint density at radius 1 is 1.10 bits per heavy atom. The predicted molar refractivity (Wildman–Crippen MR) is 79.8 cm³/mol. The number of carbonyl (C=O) groups excluding carboxylic acids is 2. The highest BCUT2D eigenvalue weighted by Crippen LogP contribution is 2.16. The third-order valence-corrected chi connectivity index (χ3v) is 2.65. The highest BCUT2D eigenvalue weighted by Gasteiger charge is 2.23. The molecule has 5 nitrogen and oxygen atoms in total. The largest absolute Gasteiger partial charge is 0.456 e. The van der Waals surface area contributed by atoms with E-state index < -0.39 is 23.7 Å². The average molecular weight is 293 g/mol. The Balaban J connectivity index is 2.50. The molecule has 0 aliphatic carbocycles. The summed E-state index contributed by atoms with van der Waals surface area (Å²) < 4.78 is 10.4. The van der Waals surface area contributed by atoms with E-state index in [4.69, 9.17) is 9.47 Å². The number of alkyl carbamates (subject to hydrolysis) is 1. The van der Waals surface area contributed by atoms with Gasteiger partial charge in [0.15, 0.2) is 0 Å². The van der Waals surface area contributed by atoms with E-state index in [0.717, 1.165) is 5.56 Å². The summed E-state index contributed by atoms with van der Waals surface area (Å²) in [5.74, 6) is -0.503. The Morgan fingerprint density at radius 2 is 1.67 bits per heavy atom. The first-order chi connectivity index (χ1) is 9.69. The second-order valence-electron chi connectivity index (χ2n) is 5.86. The summed E-state index contributed by atoms with van der Waals surface area (Å²) in [5.41, 5.74) is 0.292.